The topological polar surface area (TPSA) is 112 Å². The summed E-state index contributed by atoms with van der Waals surface area (Å²) >= 11 is 0. The summed E-state index contributed by atoms with van der Waals surface area (Å²) in [5.41, 5.74) is 0. The van der Waals surface area contributed by atoms with Crippen LogP contribution in [0.4, 0.5) is 0 Å². The van der Waals surface area contributed by atoms with Gasteiger partial charge >= 0.3 is 17.9 Å². The van der Waals surface area contributed by atoms with Gasteiger partial charge in [-0.05, 0) is 38.5 Å². The average Bonchev–Trinajstić information content (AvgIpc) is 2.90. The van der Waals surface area contributed by atoms with E-state index in [0.29, 0.717) is 6.54 Å². The lowest BCUT2D eigenvalue weighted by Crippen LogP contribution is -2.52. The third kappa shape index (κ3) is 26.1. The molecule has 39 heavy (non-hydrogen) atoms. The maximum atomic E-state index is 11.1. The first-order valence-corrected chi connectivity index (χ1v) is 16.0. The number of carbonyl (C=O) groups is 3. The SMILES string of the molecule is CCCCC/C=C/CCCCCCCCCCCCCCCC[N+](CCC(=O)O)(CCC(=O)O)CCC(=O)O. The molecule has 0 aliphatic carbocycles. The second-order valence-corrected chi connectivity index (χ2v) is 11.4. The maximum Gasteiger partial charge on any atom is 0.309 e. The summed E-state index contributed by atoms with van der Waals surface area (Å²) in [6.45, 7) is 3.74. The molecule has 0 fully saturated rings. The molecule has 0 radical (unpaired) electrons. The van der Waals surface area contributed by atoms with Crippen LogP contribution in [0, 0.1) is 0 Å². The molecule has 7 heteroatoms. The fourth-order valence-electron chi connectivity index (χ4n) is 5.25. The molecule has 0 heterocycles. The Morgan fingerprint density at radius 2 is 0.769 bits per heavy atom. The van der Waals surface area contributed by atoms with Gasteiger partial charge in [0, 0.05) is 0 Å². The molecule has 228 valence electrons. The van der Waals surface area contributed by atoms with Gasteiger partial charge in [0.05, 0.1) is 45.4 Å². The summed E-state index contributed by atoms with van der Waals surface area (Å²) in [7, 11) is 0. The number of rotatable bonds is 30. The van der Waals surface area contributed by atoms with Crippen molar-refractivity contribution in [3.63, 3.8) is 0 Å². The van der Waals surface area contributed by atoms with Gasteiger partial charge in [-0.2, -0.15) is 0 Å². The Balaban J connectivity index is 3.85. The first-order chi connectivity index (χ1) is 18.8. The molecule has 0 aliphatic rings. The lowest BCUT2D eigenvalue weighted by atomic mass is 10.0. The van der Waals surface area contributed by atoms with Gasteiger partial charge in [0.15, 0.2) is 0 Å². The fraction of sp³-hybridized carbons (Fsp3) is 0.844. The van der Waals surface area contributed by atoms with Gasteiger partial charge in [-0.3, -0.25) is 14.4 Å². The molecule has 0 spiro atoms. The van der Waals surface area contributed by atoms with Crippen molar-refractivity contribution in [2.45, 2.75) is 148 Å². The van der Waals surface area contributed by atoms with E-state index in [9.17, 15) is 14.4 Å². The summed E-state index contributed by atoms with van der Waals surface area (Å²) in [5.74, 6) is -2.79. The Kier molecular flexibility index (Phi) is 25.1. The number of carboxylic acid groups (broad SMARTS) is 3. The zero-order valence-electron chi connectivity index (χ0n) is 25.1. The van der Waals surface area contributed by atoms with Gasteiger partial charge in [-0.15, -0.1) is 0 Å². The van der Waals surface area contributed by atoms with Crippen molar-refractivity contribution in [1.82, 2.24) is 0 Å². The maximum absolute atomic E-state index is 11.1. The van der Waals surface area contributed by atoms with Crippen LogP contribution < -0.4 is 0 Å². The van der Waals surface area contributed by atoms with E-state index >= 15 is 0 Å². The molecule has 0 saturated carbocycles. The Bertz CT molecular complexity index is 603. The van der Waals surface area contributed by atoms with Crippen LogP contribution in [-0.2, 0) is 14.4 Å². The zero-order chi connectivity index (χ0) is 29.0. The second kappa shape index (κ2) is 26.3. The van der Waals surface area contributed by atoms with Crippen molar-refractivity contribution in [2.24, 2.45) is 0 Å². The standard InChI is InChI=1S/C32H59NO6/c1-2-3-4-5-6-7-8-9-10-11-12-13-14-15-16-17-18-19-20-21-22-26-33(27-23-30(34)35,28-24-31(36)37)29-25-32(38)39/h6-7H,2-5,8-29H2,1H3,(H2-,34,35,36,37,38,39)/p+1/b7-6+. The van der Waals surface area contributed by atoms with E-state index in [0.717, 1.165) is 19.3 Å². The zero-order valence-corrected chi connectivity index (χ0v) is 25.1. The summed E-state index contributed by atoms with van der Waals surface area (Å²) < 4.78 is 0.265. The second-order valence-electron chi connectivity index (χ2n) is 11.4. The molecule has 0 aromatic heterocycles. The molecular formula is C32H60NO6+. The number of allylic oxidation sites excluding steroid dienone is 2. The molecule has 0 bridgehead atoms. The first-order valence-electron chi connectivity index (χ1n) is 16.0. The monoisotopic (exact) mass is 554 g/mol. The number of carboxylic acids is 3. The molecule has 0 saturated heterocycles. The van der Waals surface area contributed by atoms with Crippen molar-refractivity contribution in [3.05, 3.63) is 12.2 Å². The molecule has 0 atom stereocenters. The van der Waals surface area contributed by atoms with Gasteiger partial charge < -0.3 is 19.8 Å². The van der Waals surface area contributed by atoms with Crippen LogP contribution in [0.25, 0.3) is 0 Å². The minimum Gasteiger partial charge on any atom is -0.481 e. The van der Waals surface area contributed by atoms with Gasteiger partial charge in [-0.1, -0.05) is 103 Å². The highest BCUT2D eigenvalue weighted by atomic mass is 16.4. The van der Waals surface area contributed by atoms with Crippen LogP contribution in [0.1, 0.15) is 148 Å². The summed E-state index contributed by atoms with van der Waals surface area (Å²) in [4.78, 5) is 33.4. The predicted octanol–water partition coefficient (Wildman–Crippen LogP) is 8.22. The van der Waals surface area contributed by atoms with Crippen LogP contribution in [0.3, 0.4) is 0 Å². The Labute approximate surface area is 238 Å². The van der Waals surface area contributed by atoms with E-state index in [1.54, 1.807) is 0 Å². The Morgan fingerprint density at radius 3 is 1.10 bits per heavy atom. The van der Waals surface area contributed by atoms with E-state index in [2.05, 4.69) is 19.1 Å². The average molecular weight is 555 g/mol. The van der Waals surface area contributed by atoms with E-state index in [1.165, 1.54) is 103 Å². The highest BCUT2D eigenvalue weighted by Crippen LogP contribution is 2.17. The molecule has 0 aromatic carbocycles. The minimum absolute atomic E-state index is 0.0733. The van der Waals surface area contributed by atoms with Crippen LogP contribution in [-0.4, -0.2) is 63.9 Å². The highest BCUT2D eigenvalue weighted by Gasteiger charge is 2.29. The number of nitrogens with zero attached hydrogens (tertiary/aromatic N) is 1. The number of unbranched alkanes of at least 4 members (excludes halogenated alkanes) is 17. The van der Waals surface area contributed by atoms with Gasteiger partial charge in [0.2, 0.25) is 0 Å². The minimum atomic E-state index is -0.931. The van der Waals surface area contributed by atoms with Crippen molar-refractivity contribution in [3.8, 4) is 0 Å². The third-order valence-electron chi connectivity index (χ3n) is 7.79. The fourth-order valence-corrected chi connectivity index (χ4v) is 5.25. The van der Waals surface area contributed by atoms with Crippen molar-refractivity contribution in [2.75, 3.05) is 26.2 Å². The van der Waals surface area contributed by atoms with Gasteiger partial charge in [-0.25, -0.2) is 0 Å². The summed E-state index contributed by atoms with van der Waals surface area (Å²) in [5, 5.41) is 27.4. The third-order valence-corrected chi connectivity index (χ3v) is 7.79. The van der Waals surface area contributed by atoms with Gasteiger partial charge in [0.25, 0.3) is 0 Å². The number of hydrogen-bond acceptors (Lipinski definition) is 3. The molecule has 0 amide bonds. The van der Waals surface area contributed by atoms with Crippen LogP contribution in [0.5, 0.6) is 0 Å². The van der Waals surface area contributed by atoms with Crippen molar-refractivity contribution < 1.29 is 34.2 Å². The summed E-state index contributed by atoms with van der Waals surface area (Å²) in [6.07, 6.45) is 28.5. The molecule has 0 rings (SSSR count). The Hall–Kier alpha value is -1.89. The van der Waals surface area contributed by atoms with E-state index in [4.69, 9.17) is 15.3 Å². The van der Waals surface area contributed by atoms with E-state index in [-0.39, 0.29) is 43.4 Å². The predicted molar refractivity (Wildman–Crippen MR) is 159 cm³/mol. The quantitative estimate of drug-likeness (QED) is 0.0468. The molecule has 0 unspecified atom stereocenters. The van der Waals surface area contributed by atoms with Crippen LogP contribution in [0.2, 0.25) is 0 Å². The number of aliphatic carboxylic acids is 3. The lowest BCUT2D eigenvalue weighted by molar-refractivity contribution is -0.927. The molecule has 0 aliphatic heterocycles. The smallest absolute Gasteiger partial charge is 0.309 e. The molecular weight excluding hydrogens is 494 g/mol. The highest BCUT2D eigenvalue weighted by molar-refractivity contribution is 5.67. The molecule has 7 nitrogen and oxygen atoms in total. The first kappa shape index (κ1) is 37.1. The normalized spacial score (nSPS) is 11.8. The largest absolute Gasteiger partial charge is 0.481 e. The number of quaternary nitrogens is 1. The van der Waals surface area contributed by atoms with Crippen molar-refractivity contribution in [1.29, 1.82) is 0 Å². The van der Waals surface area contributed by atoms with E-state index in [1.807, 2.05) is 0 Å². The van der Waals surface area contributed by atoms with E-state index < -0.39 is 17.9 Å². The lowest BCUT2D eigenvalue weighted by Gasteiger charge is -2.38. The Morgan fingerprint density at radius 1 is 0.462 bits per heavy atom. The van der Waals surface area contributed by atoms with Crippen LogP contribution >= 0.6 is 0 Å². The van der Waals surface area contributed by atoms with Gasteiger partial charge in [0.1, 0.15) is 0 Å². The molecule has 3 N–H and O–H groups in total. The van der Waals surface area contributed by atoms with Crippen LogP contribution in [0.15, 0.2) is 12.2 Å². The van der Waals surface area contributed by atoms with Crippen molar-refractivity contribution >= 4 is 17.9 Å². The summed E-state index contributed by atoms with van der Waals surface area (Å²) in [6, 6.07) is 0. The molecule has 0 aromatic rings. The number of hydrogen-bond donors (Lipinski definition) is 3.